The lowest BCUT2D eigenvalue weighted by Gasteiger charge is -2.26. The van der Waals surface area contributed by atoms with E-state index < -0.39 is 17.5 Å². The Balaban J connectivity index is 1.57. The van der Waals surface area contributed by atoms with Crippen molar-refractivity contribution in [1.29, 1.82) is 0 Å². The third-order valence-corrected chi connectivity index (χ3v) is 5.34. The number of amides is 4. The van der Waals surface area contributed by atoms with Crippen LogP contribution in [0.25, 0.3) is 0 Å². The summed E-state index contributed by atoms with van der Waals surface area (Å²) < 4.78 is 10.1. The van der Waals surface area contributed by atoms with Crippen LogP contribution in [-0.2, 0) is 16.1 Å². The Hall–Kier alpha value is -4.16. The summed E-state index contributed by atoms with van der Waals surface area (Å²) in [6, 6.07) is 11.8. The Morgan fingerprint density at radius 2 is 1.94 bits per heavy atom. The molecule has 168 valence electrons. The number of hydrogen-bond donors (Lipinski definition) is 2. The number of aliphatic imine (C=N–C) groups is 1. The maximum Gasteiger partial charge on any atom is 0.323 e. The van der Waals surface area contributed by atoms with Crippen LogP contribution < -0.4 is 15.4 Å². The predicted octanol–water partition coefficient (Wildman–Crippen LogP) is 1.30. The minimum atomic E-state index is -1.56. The maximum atomic E-state index is 13.0. The van der Waals surface area contributed by atoms with Gasteiger partial charge in [0.15, 0.2) is 0 Å². The van der Waals surface area contributed by atoms with E-state index in [2.05, 4.69) is 27.5 Å². The van der Waals surface area contributed by atoms with Crippen molar-refractivity contribution in [3.8, 4) is 17.6 Å². The van der Waals surface area contributed by atoms with E-state index in [0.29, 0.717) is 23.4 Å². The number of methoxy groups -OCH3 is 2. The summed E-state index contributed by atoms with van der Waals surface area (Å²) in [6.07, 6.45) is 1.68. The van der Waals surface area contributed by atoms with Crippen LogP contribution in [0, 0.1) is 11.8 Å². The molecule has 1 saturated heterocycles. The van der Waals surface area contributed by atoms with Crippen molar-refractivity contribution in [2.45, 2.75) is 12.1 Å². The van der Waals surface area contributed by atoms with E-state index in [-0.39, 0.29) is 19.2 Å². The van der Waals surface area contributed by atoms with Crippen LogP contribution >= 0.6 is 0 Å². The van der Waals surface area contributed by atoms with Gasteiger partial charge in [-0.1, -0.05) is 30.0 Å². The van der Waals surface area contributed by atoms with E-state index in [0.717, 1.165) is 11.1 Å². The van der Waals surface area contributed by atoms with Crippen molar-refractivity contribution < 1.29 is 23.9 Å². The second kappa shape index (κ2) is 9.14. The lowest BCUT2D eigenvalue weighted by atomic mass is 9.99. The number of fused-ring (bicyclic) bond motifs is 1. The normalized spacial score (nSPS) is 19.2. The zero-order valence-corrected chi connectivity index (χ0v) is 18.2. The third-order valence-electron chi connectivity index (χ3n) is 5.34. The molecular formula is C24H22N4O5. The van der Waals surface area contributed by atoms with Crippen molar-refractivity contribution in [1.82, 2.24) is 15.5 Å². The Kier molecular flexibility index (Phi) is 6.11. The summed E-state index contributed by atoms with van der Waals surface area (Å²) in [5, 5.41) is 4.83. The molecule has 0 radical (unpaired) electrons. The van der Waals surface area contributed by atoms with Gasteiger partial charge >= 0.3 is 6.03 Å². The number of nitrogens with zero attached hydrogens (tertiary/aromatic N) is 2. The highest BCUT2D eigenvalue weighted by Crippen LogP contribution is 2.28. The van der Waals surface area contributed by atoms with Gasteiger partial charge in [0.05, 0.1) is 13.7 Å². The molecule has 2 N–H and O–H groups in total. The zero-order valence-electron chi connectivity index (χ0n) is 18.2. The molecule has 4 amide bonds. The van der Waals surface area contributed by atoms with Gasteiger partial charge in [-0.25, -0.2) is 4.79 Å². The zero-order chi connectivity index (χ0) is 23.4. The van der Waals surface area contributed by atoms with Gasteiger partial charge in [0, 0.05) is 31.0 Å². The van der Waals surface area contributed by atoms with Gasteiger partial charge in [0.1, 0.15) is 12.5 Å². The number of hydrogen-bond acceptors (Lipinski definition) is 6. The fraction of sp³-hybridized carbons (Fsp3) is 0.250. The van der Waals surface area contributed by atoms with E-state index in [1.54, 1.807) is 37.6 Å². The summed E-state index contributed by atoms with van der Waals surface area (Å²) in [7, 11) is 3.09. The molecule has 2 aromatic rings. The summed E-state index contributed by atoms with van der Waals surface area (Å²) >= 11 is 0. The lowest BCUT2D eigenvalue weighted by Crippen LogP contribution is -2.54. The van der Waals surface area contributed by atoms with Crippen molar-refractivity contribution in [3.63, 3.8) is 0 Å². The molecule has 2 heterocycles. The number of carbonyl (C=O) groups is 3. The van der Waals surface area contributed by atoms with Gasteiger partial charge < -0.3 is 19.7 Å². The smallest absolute Gasteiger partial charge is 0.323 e. The van der Waals surface area contributed by atoms with Crippen molar-refractivity contribution in [2.75, 3.05) is 27.5 Å². The molecule has 0 bridgehead atoms. The second-order valence-corrected chi connectivity index (χ2v) is 7.60. The SMILES string of the molecule is COC/N=C/c1ccc(C#C[C@@]2(CN3Cc4ccc(OC)cc4C3=O)NC(=O)NC2=O)cc1. The highest BCUT2D eigenvalue weighted by molar-refractivity contribution is 6.10. The fourth-order valence-electron chi connectivity index (χ4n) is 3.66. The molecule has 1 atom stereocenters. The Labute approximate surface area is 190 Å². The maximum absolute atomic E-state index is 13.0. The van der Waals surface area contributed by atoms with Gasteiger partial charge in [0.25, 0.3) is 11.8 Å². The molecule has 2 aliphatic rings. The van der Waals surface area contributed by atoms with E-state index in [1.807, 2.05) is 18.2 Å². The molecule has 0 aliphatic carbocycles. The number of nitrogens with one attached hydrogen (secondary N) is 2. The molecule has 9 nitrogen and oxygen atoms in total. The Bertz CT molecular complexity index is 1200. The Morgan fingerprint density at radius 1 is 1.15 bits per heavy atom. The van der Waals surface area contributed by atoms with Gasteiger partial charge in [-0.2, -0.15) is 0 Å². The third kappa shape index (κ3) is 4.56. The van der Waals surface area contributed by atoms with E-state index in [4.69, 9.17) is 9.47 Å². The number of imide groups is 1. The summed E-state index contributed by atoms with van der Waals surface area (Å²) in [4.78, 5) is 43.2. The summed E-state index contributed by atoms with van der Waals surface area (Å²) in [6.45, 7) is 0.486. The molecule has 2 aromatic carbocycles. The molecule has 1 fully saturated rings. The Morgan fingerprint density at radius 3 is 2.61 bits per heavy atom. The molecule has 4 rings (SSSR count). The van der Waals surface area contributed by atoms with Gasteiger partial charge in [-0.3, -0.25) is 19.9 Å². The molecule has 0 aromatic heterocycles. The first-order valence-electron chi connectivity index (χ1n) is 10.2. The second-order valence-electron chi connectivity index (χ2n) is 7.60. The van der Waals surface area contributed by atoms with E-state index >= 15 is 0 Å². The largest absolute Gasteiger partial charge is 0.497 e. The van der Waals surface area contributed by atoms with Gasteiger partial charge in [-0.15, -0.1) is 0 Å². The van der Waals surface area contributed by atoms with Crippen LogP contribution in [0.1, 0.15) is 27.0 Å². The van der Waals surface area contributed by atoms with Crippen LogP contribution in [0.2, 0.25) is 0 Å². The number of ether oxygens (including phenoxy) is 2. The van der Waals surface area contributed by atoms with Gasteiger partial charge in [-0.05, 0) is 35.4 Å². The summed E-state index contributed by atoms with van der Waals surface area (Å²) in [5.41, 5.74) is 1.28. The fourth-order valence-corrected chi connectivity index (χ4v) is 3.66. The molecular weight excluding hydrogens is 424 g/mol. The topological polar surface area (TPSA) is 109 Å². The van der Waals surface area contributed by atoms with E-state index in [9.17, 15) is 14.4 Å². The van der Waals surface area contributed by atoms with Crippen LogP contribution in [0.3, 0.4) is 0 Å². The average Bonchev–Trinajstić information content (AvgIpc) is 3.27. The minimum absolute atomic E-state index is 0.0881. The molecule has 0 saturated carbocycles. The number of rotatable bonds is 6. The highest BCUT2D eigenvalue weighted by atomic mass is 16.5. The van der Waals surface area contributed by atoms with Crippen molar-refractivity contribution in [2.24, 2.45) is 4.99 Å². The number of urea groups is 1. The van der Waals surface area contributed by atoms with Crippen LogP contribution in [-0.4, -0.2) is 62.0 Å². The lowest BCUT2D eigenvalue weighted by molar-refractivity contribution is -0.122. The first kappa shape index (κ1) is 22.0. The average molecular weight is 446 g/mol. The van der Waals surface area contributed by atoms with Crippen molar-refractivity contribution in [3.05, 3.63) is 64.7 Å². The molecule has 0 spiro atoms. The first-order valence-corrected chi connectivity index (χ1v) is 10.2. The highest BCUT2D eigenvalue weighted by Gasteiger charge is 2.48. The van der Waals surface area contributed by atoms with E-state index in [1.165, 1.54) is 12.0 Å². The quantitative estimate of drug-likeness (QED) is 0.395. The van der Waals surface area contributed by atoms with Crippen LogP contribution in [0.15, 0.2) is 47.5 Å². The molecule has 0 unspecified atom stereocenters. The molecule has 9 heteroatoms. The standard InChI is InChI=1S/C24H22N4O5/c1-32-15-25-12-17-5-3-16(4-6-17)9-10-24(22(30)26-23(31)27-24)14-28-13-18-7-8-19(33-2)11-20(18)21(28)29/h3-8,11-12H,13-15H2,1-2H3,(H2,26,27,30,31)/b25-12+/t24-/m0/s1. The predicted molar refractivity (Wildman–Crippen MR) is 120 cm³/mol. The molecule has 33 heavy (non-hydrogen) atoms. The van der Waals surface area contributed by atoms with Crippen LogP contribution in [0.5, 0.6) is 5.75 Å². The van der Waals surface area contributed by atoms with Crippen LogP contribution in [0.4, 0.5) is 4.79 Å². The van der Waals surface area contributed by atoms with Gasteiger partial charge in [0.2, 0.25) is 5.54 Å². The van der Waals surface area contributed by atoms with Crippen molar-refractivity contribution >= 4 is 24.1 Å². The minimum Gasteiger partial charge on any atom is -0.497 e. The number of benzene rings is 2. The molecule has 2 aliphatic heterocycles. The summed E-state index contributed by atoms with van der Waals surface area (Å²) in [5.74, 6) is 5.57. The number of carbonyl (C=O) groups excluding carboxylic acids is 3. The monoisotopic (exact) mass is 446 g/mol. The first-order chi connectivity index (χ1) is 15.9.